The molecule has 0 saturated carbocycles. The lowest BCUT2D eigenvalue weighted by molar-refractivity contribution is -0.131. The molecule has 0 fully saturated rings. The van der Waals surface area contributed by atoms with Gasteiger partial charge in [0.05, 0.1) is 64.4 Å². The van der Waals surface area contributed by atoms with E-state index in [2.05, 4.69) is 116 Å². The zero-order valence-electron chi connectivity index (χ0n) is 63.4. The molecule has 5 atom stereocenters. The number of hydrogen-bond acceptors (Lipinski definition) is 19. The molecule has 1 unspecified atom stereocenters. The Labute approximate surface area is 648 Å². The second-order valence-corrected chi connectivity index (χ2v) is 30.5. The highest BCUT2D eigenvalue weighted by Gasteiger charge is 2.50. The number of halogens is 1. The van der Waals surface area contributed by atoms with E-state index in [1.165, 1.54) is 41.4 Å². The Kier molecular flexibility index (Phi) is 23.1. The molecule has 556 valence electrons. The van der Waals surface area contributed by atoms with Crippen molar-refractivity contribution in [2.75, 3.05) is 28.2 Å². The van der Waals surface area contributed by atoms with Crippen molar-refractivity contribution in [3.63, 3.8) is 0 Å². The van der Waals surface area contributed by atoms with E-state index in [0.717, 1.165) is 107 Å². The number of carbonyl (C=O) groups excluding carboxylic acids is 4. The largest absolute Gasteiger partial charge is 0.369 e. The Morgan fingerprint density at radius 3 is 1.79 bits per heavy atom. The Bertz CT molecular complexity index is 5460. The number of amides is 4. The fourth-order valence-corrected chi connectivity index (χ4v) is 16.1. The van der Waals surface area contributed by atoms with Gasteiger partial charge in [0, 0.05) is 132 Å². The van der Waals surface area contributed by atoms with E-state index in [1.54, 1.807) is 106 Å². The van der Waals surface area contributed by atoms with Gasteiger partial charge in [0.25, 0.3) is 0 Å². The van der Waals surface area contributed by atoms with Crippen LogP contribution >= 0.6 is 34.3 Å². The Hall–Kier alpha value is -12.0. The summed E-state index contributed by atoms with van der Waals surface area (Å²) >= 11 is 9.47. The summed E-state index contributed by atoms with van der Waals surface area (Å²) in [5.74, 6) is 24.3. The fraction of sp³-hybridized carbons (Fsp3) is 0.313. The molecule has 0 radical (unpaired) electrons. The average Bonchev–Trinajstić information content (AvgIpc) is 1.73. The summed E-state index contributed by atoms with van der Waals surface area (Å²) in [5.41, 5.74) is 33.9. The van der Waals surface area contributed by atoms with Gasteiger partial charge in [0.15, 0.2) is 23.8 Å². The number of pyridine rings is 2. The van der Waals surface area contributed by atoms with Crippen LogP contribution in [0.25, 0.3) is 38.0 Å². The standard InChI is InChI=1S/C27H30N6O.C20H20N4OS.C18H18ClN5O.C18H18N4OS/c1-7-8-18-13-21(16-29-15-18)22-14-23(33(6)31-22)27(4)24(25(34)32(5)26(28)30-27)20-11-9-19(10-12-20)17(2)3;1-3-5-13-8-14(12-22-11-13)17-9-15-16(26-17)6-4-7-20(15)10-18(25)24(2)19(21)23-20;1-4-5-12-6-14(19)8-15(7-12)24-11-13(10-21-24)18(2)9-16(25)23(3)17(20)22-18;1-4-6-12-7-5-8-13(9-12)16-20-11-14(24-16)18(2)10-15(23)22(3)17(19)21-18/h9-17,24H,1-6H3,(H2,28,30);8-9,11-12H,4,6-7,10H2,1-2H3,(H2,21,23);6-8,10-11H,9H2,1-3H3,(H2,20,22);5,7-9,11H,10H2,1-3H3,(H2,19,21)/t24?,27-;20-;2*18-/m1000/s1. The predicted molar refractivity (Wildman–Crippen MR) is 432 cm³/mol. The molecule has 8 N–H and O–H groups in total. The minimum Gasteiger partial charge on any atom is -0.369 e. The molecule has 1 aliphatic carbocycles. The molecule has 26 heteroatoms. The van der Waals surface area contributed by atoms with Gasteiger partial charge in [-0.1, -0.05) is 85.5 Å². The SMILES string of the molecule is CC#Cc1cc(Cl)cc(-n2cc([C@]3(C)CC(=O)N(C)C(N)=N3)cn2)c1.CC#Cc1cccc(-c2ncc([C@]3(C)CC(=O)N(C)C(N)=N3)s2)c1.CC#Cc1cncc(-c2cc([C@@]3(C)N=C(N)N(C)C(=O)C3c3ccc(C(C)C)cc3)n(C)n2)c1.CC#Cc1cncc(-c2cc3c(s2)CCC[C@]32CC(=O)N(C)C(N)=N2)c1. The van der Waals surface area contributed by atoms with Crippen molar-refractivity contribution in [2.24, 2.45) is 50.0 Å². The van der Waals surface area contributed by atoms with Crippen LogP contribution in [-0.4, -0.2) is 130 Å². The fourth-order valence-electron chi connectivity index (χ4n) is 13.6. The molecule has 0 bridgehead atoms. The smallest absolute Gasteiger partial charge is 0.239 e. The molecule has 1 spiro atoms. The molecule has 14 rings (SSSR count). The predicted octanol–water partition coefficient (Wildman–Crippen LogP) is 11.5. The van der Waals surface area contributed by atoms with E-state index in [-0.39, 0.29) is 54.3 Å². The number of hydrogen-bond donors (Lipinski definition) is 4. The van der Waals surface area contributed by atoms with Gasteiger partial charge in [0.1, 0.15) is 16.1 Å². The third kappa shape index (κ3) is 16.6. The summed E-state index contributed by atoms with van der Waals surface area (Å²) in [6.07, 6.45) is 16.2. The molecule has 4 aliphatic heterocycles. The lowest BCUT2D eigenvalue weighted by Crippen LogP contribution is -2.53. The number of aryl methyl sites for hydroxylation is 2. The van der Waals surface area contributed by atoms with Gasteiger partial charge in [0.2, 0.25) is 23.6 Å². The molecule has 6 aromatic heterocycles. The topological polar surface area (TPSA) is 309 Å². The van der Waals surface area contributed by atoms with Gasteiger partial charge < -0.3 is 22.9 Å². The highest BCUT2D eigenvalue weighted by atomic mass is 35.5. The summed E-state index contributed by atoms with van der Waals surface area (Å²) in [6.45, 7) is 17.2. The van der Waals surface area contributed by atoms with Crippen molar-refractivity contribution in [3.8, 4) is 85.3 Å². The summed E-state index contributed by atoms with van der Waals surface area (Å²) in [7, 11) is 8.46. The number of fused-ring (bicyclic) bond motifs is 2. The number of guanidine groups is 4. The minimum absolute atomic E-state index is 0.0278. The normalized spacial score (nSPS) is 20.6. The highest BCUT2D eigenvalue weighted by Crippen LogP contribution is 2.49. The molecule has 5 aliphatic rings. The number of nitrogens with zero attached hydrogens (tertiary/aromatic N) is 15. The van der Waals surface area contributed by atoms with Crippen LogP contribution in [0.15, 0.2) is 154 Å². The van der Waals surface area contributed by atoms with E-state index in [4.69, 9.17) is 49.6 Å². The van der Waals surface area contributed by atoms with Gasteiger partial charge in [-0.15, -0.1) is 46.4 Å². The van der Waals surface area contributed by atoms with Gasteiger partial charge >= 0.3 is 0 Å². The number of aromatic nitrogens is 7. The maximum Gasteiger partial charge on any atom is 0.239 e. The van der Waals surface area contributed by atoms with Crippen molar-refractivity contribution < 1.29 is 19.2 Å². The first-order valence-electron chi connectivity index (χ1n) is 35.2. The maximum absolute atomic E-state index is 13.6. The third-order valence-electron chi connectivity index (χ3n) is 19.7. The molecule has 0 saturated heterocycles. The number of thiazole rings is 1. The van der Waals surface area contributed by atoms with Crippen molar-refractivity contribution in [3.05, 3.63) is 199 Å². The third-order valence-corrected chi connectivity index (χ3v) is 22.5. The number of carbonyl (C=O) groups is 4. The van der Waals surface area contributed by atoms with Crippen LogP contribution in [0.4, 0.5) is 0 Å². The number of likely N-dealkylation sites (N-methyl/N-ethyl adjacent to an activating group) is 1. The van der Waals surface area contributed by atoms with Gasteiger partial charge in [-0.05, 0) is 145 Å². The maximum atomic E-state index is 13.6. The second kappa shape index (κ2) is 32.2. The van der Waals surface area contributed by atoms with E-state index in [1.807, 2.05) is 109 Å². The Balaban J connectivity index is 0.000000146. The van der Waals surface area contributed by atoms with Gasteiger partial charge in [-0.25, -0.2) is 29.6 Å². The Morgan fingerprint density at radius 1 is 0.578 bits per heavy atom. The summed E-state index contributed by atoms with van der Waals surface area (Å²) in [4.78, 5) is 91.0. The van der Waals surface area contributed by atoms with Crippen LogP contribution in [0.2, 0.25) is 5.02 Å². The lowest BCUT2D eigenvalue weighted by atomic mass is 9.76. The second-order valence-electron chi connectivity index (χ2n) is 27.9. The first kappa shape index (κ1) is 78.1. The van der Waals surface area contributed by atoms with Crippen molar-refractivity contribution in [2.45, 2.75) is 135 Å². The van der Waals surface area contributed by atoms with Crippen LogP contribution < -0.4 is 22.9 Å². The monoisotopic (exact) mass is 1510 g/mol. The summed E-state index contributed by atoms with van der Waals surface area (Å²) in [5, 5.41) is 10.6. The van der Waals surface area contributed by atoms with E-state index < -0.39 is 28.1 Å². The van der Waals surface area contributed by atoms with Crippen LogP contribution in [-0.2, 0) is 54.8 Å². The molecule has 4 amide bonds. The number of rotatable bonds is 9. The number of thiophene rings is 1. The summed E-state index contributed by atoms with van der Waals surface area (Å²) in [6, 6.07) is 29.8. The van der Waals surface area contributed by atoms with Gasteiger partial charge in [-0.3, -0.25) is 53.4 Å². The first-order valence-corrected chi connectivity index (χ1v) is 37.2. The molecular weight excluding hydrogens is 1430 g/mol. The zero-order valence-corrected chi connectivity index (χ0v) is 65.8. The van der Waals surface area contributed by atoms with Crippen molar-refractivity contribution >= 4 is 81.7 Å². The van der Waals surface area contributed by atoms with Crippen LogP contribution in [0, 0.1) is 47.4 Å². The number of nitrogens with two attached hydrogens (primary N) is 4. The molecule has 9 aromatic rings. The number of benzene rings is 3. The molecular formula is C83H86ClN19O4S2. The summed E-state index contributed by atoms with van der Waals surface area (Å²) < 4.78 is 3.47. The highest BCUT2D eigenvalue weighted by molar-refractivity contribution is 7.15. The molecule has 109 heavy (non-hydrogen) atoms. The molecule has 10 heterocycles. The van der Waals surface area contributed by atoms with Gasteiger partial charge in [-0.2, -0.15) is 10.2 Å². The van der Waals surface area contributed by atoms with Crippen molar-refractivity contribution in [1.82, 2.24) is 54.1 Å². The van der Waals surface area contributed by atoms with E-state index >= 15 is 0 Å². The zero-order chi connectivity index (χ0) is 78.4. The van der Waals surface area contributed by atoms with Crippen LogP contribution in [0.5, 0.6) is 0 Å². The van der Waals surface area contributed by atoms with Crippen molar-refractivity contribution in [1.29, 1.82) is 0 Å². The first-order chi connectivity index (χ1) is 51.9. The average molecular weight is 1510 g/mol. The van der Waals surface area contributed by atoms with Crippen LogP contribution in [0.3, 0.4) is 0 Å². The van der Waals surface area contributed by atoms with Crippen LogP contribution in [0.1, 0.15) is 166 Å². The van der Waals surface area contributed by atoms with E-state index in [0.29, 0.717) is 23.3 Å². The Morgan fingerprint density at radius 2 is 1.16 bits per heavy atom. The quantitative estimate of drug-likeness (QED) is 0.0978. The minimum atomic E-state index is -0.943. The lowest BCUT2D eigenvalue weighted by Gasteiger charge is -2.40. The molecule has 23 nitrogen and oxygen atoms in total. The molecule has 3 aromatic carbocycles. The number of aliphatic imine (C=N–C) groups is 4. The van der Waals surface area contributed by atoms with E-state index in [9.17, 15) is 19.2 Å².